The van der Waals surface area contributed by atoms with E-state index in [9.17, 15) is 4.79 Å². The van der Waals surface area contributed by atoms with Gasteiger partial charge in [0.05, 0.1) is 17.7 Å². The molecular formula is C14H21NO2S. The molecule has 1 saturated heterocycles. The van der Waals surface area contributed by atoms with Crippen molar-refractivity contribution in [2.75, 3.05) is 6.61 Å². The molecule has 2 atom stereocenters. The zero-order valence-electron chi connectivity index (χ0n) is 11.1. The minimum atomic E-state index is 0.0246. The summed E-state index contributed by atoms with van der Waals surface area (Å²) in [4.78, 5) is 13.4. The molecule has 1 fully saturated rings. The predicted octanol–water partition coefficient (Wildman–Crippen LogP) is 3.00. The number of aryl methyl sites for hydroxylation is 1. The van der Waals surface area contributed by atoms with Crippen molar-refractivity contribution >= 4 is 17.2 Å². The summed E-state index contributed by atoms with van der Waals surface area (Å²) in [6.07, 6.45) is 4.51. The molecule has 18 heavy (non-hydrogen) atoms. The largest absolute Gasteiger partial charge is 0.376 e. The lowest BCUT2D eigenvalue weighted by Gasteiger charge is -2.19. The second-order valence-corrected chi connectivity index (χ2v) is 5.86. The zero-order valence-corrected chi connectivity index (χ0v) is 11.9. The van der Waals surface area contributed by atoms with Gasteiger partial charge in [0.25, 0.3) is 5.91 Å². The van der Waals surface area contributed by atoms with Crippen molar-refractivity contribution in [1.82, 2.24) is 5.32 Å². The van der Waals surface area contributed by atoms with Crippen LogP contribution in [0, 0.1) is 0 Å². The molecular weight excluding hydrogens is 246 g/mol. The molecule has 1 aromatic rings. The van der Waals surface area contributed by atoms with Gasteiger partial charge in [-0.25, -0.2) is 0 Å². The van der Waals surface area contributed by atoms with Crippen molar-refractivity contribution in [2.45, 2.75) is 51.7 Å². The van der Waals surface area contributed by atoms with Gasteiger partial charge in [0, 0.05) is 16.9 Å². The first-order chi connectivity index (χ1) is 8.70. The van der Waals surface area contributed by atoms with Crippen LogP contribution in [0.2, 0.25) is 0 Å². The van der Waals surface area contributed by atoms with E-state index in [-0.39, 0.29) is 18.1 Å². The van der Waals surface area contributed by atoms with Gasteiger partial charge in [0.2, 0.25) is 0 Å². The smallest absolute Gasteiger partial charge is 0.252 e. The molecule has 2 rings (SSSR count). The van der Waals surface area contributed by atoms with Crippen LogP contribution < -0.4 is 5.32 Å². The third-order valence-electron chi connectivity index (χ3n) is 3.29. The highest BCUT2D eigenvalue weighted by molar-refractivity contribution is 7.10. The highest BCUT2D eigenvalue weighted by Gasteiger charge is 2.24. The monoisotopic (exact) mass is 267 g/mol. The Bertz CT molecular complexity index is 396. The maximum absolute atomic E-state index is 12.1. The van der Waals surface area contributed by atoms with Crippen molar-refractivity contribution in [1.29, 1.82) is 0 Å². The van der Waals surface area contributed by atoms with Gasteiger partial charge in [-0.15, -0.1) is 11.3 Å². The van der Waals surface area contributed by atoms with E-state index < -0.39 is 0 Å². The molecule has 1 amide bonds. The van der Waals surface area contributed by atoms with E-state index in [1.807, 2.05) is 18.4 Å². The molecule has 100 valence electrons. The standard InChI is InChI=1S/C14H21NO2S/c1-3-5-12-8-11(9-18-12)14(16)15-10(2)13-6-4-7-17-13/h8-10,13H,3-7H2,1-2H3,(H,15,16)/t10-,13-/m0/s1. The molecule has 0 bridgehead atoms. The summed E-state index contributed by atoms with van der Waals surface area (Å²) < 4.78 is 5.58. The second kappa shape index (κ2) is 6.34. The van der Waals surface area contributed by atoms with E-state index in [4.69, 9.17) is 4.74 Å². The third-order valence-corrected chi connectivity index (χ3v) is 4.29. The van der Waals surface area contributed by atoms with Crippen molar-refractivity contribution in [2.24, 2.45) is 0 Å². The fourth-order valence-corrected chi connectivity index (χ4v) is 3.23. The predicted molar refractivity (Wildman–Crippen MR) is 74.2 cm³/mol. The molecule has 0 saturated carbocycles. The number of nitrogens with one attached hydrogen (secondary N) is 1. The van der Waals surface area contributed by atoms with Crippen molar-refractivity contribution in [3.05, 3.63) is 21.9 Å². The van der Waals surface area contributed by atoms with Crippen LogP contribution in [0.3, 0.4) is 0 Å². The summed E-state index contributed by atoms with van der Waals surface area (Å²) >= 11 is 1.67. The first-order valence-electron chi connectivity index (χ1n) is 6.70. The van der Waals surface area contributed by atoms with Gasteiger partial charge >= 0.3 is 0 Å². The second-order valence-electron chi connectivity index (χ2n) is 4.87. The van der Waals surface area contributed by atoms with Gasteiger partial charge < -0.3 is 10.1 Å². The Kier molecular flexibility index (Phi) is 4.78. The molecule has 0 spiro atoms. The molecule has 1 aliphatic rings. The molecule has 1 N–H and O–H groups in total. The number of hydrogen-bond acceptors (Lipinski definition) is 3. The maximum Gasteiger partial charge on any atom is 0.252 e. The number of carbonyl (C=O) groups is 1. The normalized spacial score (nSPS) is 20.9. The molecule has 2 heterocycles. The van der Waals surface area contributed by atoms with Gasteiger partial charge in [0.15, 0.2) is 0 Å². The average molecular weight is 267 g/mol. The summed E-state index contributed by atoms with van der Waals surface area (Å²) in [6, 6.07) is 2.10. The summed E-state index contributed by atoms with van der Waals surface area (Å²) in [5.74, 6) is 0.0246. The Morgan fingerprint density at radius 3 is 3.17 bits per heavy atom. The van der Waals surface area contributed by atoms with Gasteiger partial charge in [-0.1, -0.05) is 13.3 Å². The van der Waals surface area contributed by atoms with Gasteiger partial charge in [-0.05, 0) is 32.3 Å². The Balaban J connectivity index is 1.89. The van der Waals surface area contributed by atoms with Crippen LogP contribution in [0.5, 0.6) is 0 Å². The third kappa shape index (κ3) is 3.33. The maximum atomic E-state index is 12.1. The summed E-state index contributed by atoms with van der Waals surface area (Å²) in [5.41, 5.74) is 0.785. The molecule has 1 aliphatic heterocycles. The molecule has 0 aliphatic carbocycles. The first kappa shape index (κ1) is 13.6. The van der Waals surface area contributed by atoms with E-state index in [0.29, 0.717) is 0 Å². The number of hydrogen-bond donors (Lipinski definition) is 1. The number of rotatable bonds is 5. The number of ether oxygens (including phenoxy) is 1. The van der Waals surface area contributed by atoms with E-state index in [2.05, 4.69) is 12.2 Å². The first-order valence-corrected chi connectivity index (χ1v) is 7.58. The van der Waals surface area contributed by atoms with Crippen LogP contribution in [-0.4, -0.2) is 24.7 Å². The zero-order chi connectivity index (χ0) is 13.0. The summed E-state index contributed by atoms with van der Waals surface area (Å²) in [6.45, 7) is 5.00. The molecule has 4 heteroatoms. The fourth-order valence-electron chi connectivity index (χ4n) is 2.26. The molecule has 0 unspecified atom stereocenters. The van der Waals surface area contributed by atoms with Crippen molar-refractivity contribution < 1.29 is 9.53 Å². The highest BCUT2D eigenvalue weighted by atomic mass is 32.1. The molecule has 0 radical (unpaired) electrons. The van der Waals surface area contributed by atoms with Crippen LogP contribution in [0.4, 0.5) is 0 Å². The lowest BCUT2D eigenvalue weighted by Crippen LogP contribution is -2.40. The van der Waals surface area contributed by atoms with Crippen LogP contribution >= 0.6 is 11.3 Å². The average Bonchev–Trinajstić information content (AvgIpc) is 3.00. The SMILES string of the molecule is CCCc1cc(C(=O)N[C@@H](C)[C@@H]2CCCO2)cs1. The van der Waals surface area contributed by atoms with Gasteiger partial charge in [0.1, 0.15) is 0 Å². The molecule has 3 nitrogen and oxygen atoms in total. The van der Waals surface area contributed by atoms with Crippen LogP contribution in [-0.2, 0) is 11.2 Å². The van der Waals surface area contributed by atoms with Crippen LogP contribution in [0.15, 0.2) is 11.4 Å². The molecule has 0 aromatic carbocycles. The Hall–Kier alpha value is -0.870. The van der Waals surface area contributed by atoms with Gasteiger partial charge in [-0.2, -0.15) is 0 Å². The minimum Gasteiger partial charge on any atom is -0.376 e. The van der Waals surface area contributed by atoms with E-state index in [1.54, 1.807) is 11.3 Å². The van der Waals surface area contributed by atoms with E-state index >= 15 is 0 Å². The number of amides is 1. The summed E-state index contributed by atoms with van der Waals surface area (Å²) in [5, 5.41) is 4.98. The van der Waals surface area contributed by atoms with Crippen molar-refractivity contribution in [3.63, 3.8) is 0 Å². The lowest BCUT2D eigenvalue weighted by atomic mass is 10.1. The Morgan fingerprint density at radius 2 is 2.50 bits per heavy atom. The summed E-state index contributed by atoms with van der Waals surface area (Å²) in [7, 11) is 0. The quantitative estimate of drug-likeness (QED) is 0.890. The Labute approximate surface area is 113 Å². The number of carbonyl (C=O) groups excluding carboxylic acids is 1. The van der Waals surface area contributed by atoms with Gasteiger partial charge in [-0.3, -0.25) is 4.79 Å². The Morgan fingerprint density at radius 1 is 1.67 bits per heavy atom. The van der Waals surface area contributed by atoms with E-state index in [1.165, 1.54) is 4.88 Å². The minimum absolute atomic E-state index is 0.0246. The number of thiophene rings is 1. The van der Waals surface area contributed by atoms with Crippen LogP contribution in [0.1, 0.15) is 48.3 Å². The highest BCUT2D eigenvalue weighted by Crippen LogP contribution is 2.18. The molecule has 1 aromatic heterocycles. The fraction of sp³-hybridized carbons (Fsp3) is 0.643. The lowest BCUT2D eigenvalue weighted by molar-refractivity contribution is 0.0712. The van der Waals surface area contributed by atoms with Crippen LogP contribution in [0.25, 0.3) is 0 Å². The topological polar surface area (TPSA) is 38.3 Å². The van der Waals surface area contributed by atoms with E-state index in [0.717, 1.165) is 37.9 Å². The van der Waals surface area contributed by atoms with Crippen molar-refractivity contribution in [3.8, 4) is 0 Å².